The van der Waals surface area contributed by atoms with Crippen LogP contribution in [0, 0.1) is 0 Å². The monoisotopic (exact) mass is 425 g/mol. The average Bonchev–Trinajstić information content (AvgIpc) is 2.72. The molecular formula is C19H26F3N7O. The maximum absolute atomic E-state index is 12.6. The zero-order valence-electron chi connectivity index (χ0n) is 16.4. The first-order valence-electron chi connectivity index (χ1n) is 9.85. The highest BCUT2D eigenvalue weighted by Gasteiger charge is 2.28. The zero-order valence-corrected chi connectivity index (χ0v) is 16.4. The Hall–Kier alpha value is -2.66. The molecule has 2 aromatic rings. The summed E-state index contributed by atoms with van der Waals surface area (Å²) in [4.78, 5) is 12.3. The summed E-state index contributed by atoms with van der Waals surface area (Å²) in [5, 5.41) is 18.4. The molecule has 0 radical (unpaired) electrons. The largest absolute Gasteiger partial charge is 0.405 e. The van der Waals surface area contributed by atoms with Gasteiger partial charge in [0.2, 0.25) is 17.8 Å². The topological polar surface area (TPSA) is 121 Å². The number of nitrogens with one attached hydrogen (secondary N) is 3. The molecule has 1 fully saturated rings. The molecule has 0 saturated heterocycles. The Bertz CT molecular complexity index is 817. The van der Waals surface area contributed by atoms with E-state index in [-0.39, 0.29) is 23.9 Å². The zero-order chi connectivity index (χ0) is 21.6. The van der Waals surface area contributed by atoms with E-state index in [0.717, 1.165) is 30.4 Å². The third-order valence-corrected chi connectivity index (χ3v) is 4.84. The van der Waals surface area contributed by atoms with Gasteiger partial charge in [-0.25, -0.2) is 0 Å². The molecule has 1 aliphatic carbocycles. The smallest absolute Gasteiger partial charge is 0.391 e. The Morgan fingerprint density at radius 2 is 1.53 bits per heavy atom. The lowest BCUT2D eigenvalue weighted by molar-refractivity contribution is -0.115. The van der Waals surface area contributed by atoms with Gasteiger partial charge in [0, 0.05) is 13.1 Å². The maximum atomic E-state index is 12.6. The van der Waals surface area contributed by atoms with Gasteiger partial charge in [-0.15, -0.1) is 0 Å². The lowest BCUT2D eigenvalue weighted by Gasteiger charge is -2.28. The number of nitrogens with two attached hydrogens (primary N) is 1. The fraction of sp³-hybridized carbons (Fsp3) is 0.526. The first kappa shape index (κ1) is 22.0. The molecule has 6 N–H and O–H groups in total. The molecule has 11 heteroatoms. The van der Waals surface area contributed by atoms with Crippen molar-refractivity contribution in [2.75, 3.05) is 22.5 Å². The molecule has 1 aliphatic rings. The highest BCUT2D eigenvalue weighted by atomic mass is 19.4. The predicted molar refractivity (Wildman–Crippen MR) is 108 cm³/mol. The Kier molecular flexibility index (Phi) is 7.27. The number of benzene rings is 1. The second-order valence-electron chi connectivity index (χ2n) is 7.25. The van der Waals surface area contributed by atoms with Gasteiger partial charge in [0.25, 0.3) is 0 Å². The third-order valence-electron chi connectivity index (χ3n) is 4.84. The number of hydrogen-bond acceptors (Lipinski definition) is 8. The van der Waals surface area contributed by atoms with Gasteiger partial charge in [0.15, 0.2) is 0 Å². The molecule has 1 aromatic heterocycles. The van der Waals surface area contributed by atoms with Crippen molar-refractivity contribution in [1.82, 2.24) is 15.0 Å². The molecular weight excluding hydrogens is 399 g/mol. The van der Waals surface area contributed by atoms with E-state index in [2.05, 4.69) is 30.9 Å². The predicted octanol–water partition coefficient (Wildman–Crippen LogP) is 2.63. The number of anilines is 3. The van der Waals surface area contributed by atoms with Crippen LogP contribution in [-0.4, -0.2) is 44.9 Å². The number of halogens is 3. The van der Waals surface area contributed by atoms with Crippen LogP contribution in [0.4, 0.5) is 31.0 Å². The fourth-order valence-electron chi connectivity index (χ4n) is 3.20. The van der Waals surface area contributed by atoms with E-state index in [1.807, 2.05) is 24.3 Å². The minimum absolute atomic E-state index is 0.113. The van der Waals surface area contributed by atoms with Crippen molar-refractivity contribution in [3.05, 3.63) is 35.4 Å². The summed E-state index contributed by atoms with van der Waals surface area (Å²) in [6, 6.07) is 7.34. The summed E-state index contributed by atoms with van der Waals surface area (Å²) in [6.45, 7) is -0.445. The molecule has 3 rings (SSSR count). The van der Waals surface area contributed by atoms with E-state index in [1.54, 1.807) is 0 Å². The Morgan fingerprint density at radius 1 is 0.933 bits per heavy atom. The van der Waals surface area contributed by atoms with Crippen LogP contribution in [0.1, 0.15) is 36.8 Å². The van der Waals surface area contributed by atoms with Crippen LogP contribution in [0.5, 0.6) is 0 Å². The lowest BCUT2D eigenvalue weighted by Crippen LogP contribution is -2.37. The van der Waals surface area contributed by atoms with Crippen molar-refractivity contribution >= 4 is 17.8 Å². The number of hydrogen-bond donors (Lipinski definition) is 5. The van der Waals surface area contributed by atoms with E-state index >= 15 is 0 Å². The van der Waals surface area contributed by atoms with E-state index in [0.29, 0.717) is 19.5 Å². The molecule has 0 spiro atoms. The van der Waals surface area contributed by atoms with Crippen LogP contribution in [0.2, 0.25) is 0 Å². The van der Waals surface area contributed by atoms with Crippen molar-refractivity contribution < 1.29 is 18.3 Å². The Balaban J connectivity index is 1.73. The molecule has 0 aliphatic heterocycles. The summed E-state index contributed by atoms with van der Waals surface area (Å²) in [6.07, 6.45) is -1.69. The quantitative estimate of drug-likeness (QED) is 0.438. The first-order valence-corrected chi connectivity index (χ1v) is 9.85. The highest BCUT2D eigenvalue weighted by molar-refractivity contribution is 5.43. The molecule has 0 amide bonds. The van der Waals surface area contributed by atoms with Crippen molar-refractivity contribution in [3.63, 3.8) is 0 Å². The van der Waals surface area contributed by atoms with Gasteiger partial charge < -0.3 is 26.8 Å². The number of nitrogens with zero attached hydrogens (tertiary/aromatic N) is 3. The standard InChI is InChI=1S/C19H26F3N7O/c20-19(21,22)11-25-17-27-16(24-10-13-7-5-12(9-23)6-8-13)28-18(29-17)26-14-3-1-2-4-15(14)30/h5-8,14-15,30H,1-4,9-11,23H2,(H3,24,25,26,27,28,29). The number of aromatic nitrogens is 3. The van der Waals surface area contributed by atoms with Gasteiger partial charge in [-0.1, -0.05) is 37.1 Å². The van der Waals surface area contributed by atoms with Gasteiger partial charge in [0.05, 0.1) is 12.1 Å². The van der Waals surface area contributed by atoms with E-state index in [1.165, 1.54) is 0 Å². The third kappa shape index (κ3) is 6.70. The summed E-state index contributed by atoms with van der Waals surface area (Å²) in [5.41, 5.74) is 7.52. The van der Waals surface area contributed by atoms with E-state index in [9.17, 15) is 18.3 Å². The summed E-state index contributed by atoms with van der Waals surface area (Å²) in [5.74, 6) is 0.0445. The molecule has 0 bridgehead atoms. The van der Waals surface area contributed by atoms with Crippen LogP contribution in [0.3, 0.4) is 0 Å². The molecule has 1 aromatic carbocycles. The van der Waals surface area contributed by atoms with Crippen LogP contribution < -0.4 is 21.7 Å². The number of aliphatic hydroxyl groups is 1. The van der Waals surface area contributed by atoms with E-state index < -0.39 is 18.8 Å². The van der Waals surface area contributed by atoms with Crippen LogP contribution in [0.15, 0.2) is 24.3 Å². The minimum Gasteiger partial charge on any atom is -0.391 e. The number of alkyl halides is 3. The van der Waals surface area contributed by atoms with Crippen molar-refractivity contribution in [2.45, 2.75) is 57.1 Å². The Labute approximate surface area is 172 Å². The van der Waals surface area contributed by atoms with Gasteiger partial charge >= 0.3 is 6.18 Å². The number of aliphatic hydroxyl groups excluding tert-OH is 1. The van der Waals surface area contributed by atoms with E-state index in [4.69, 9.17) is 5.73 Å². The second-order valence-corrected chi connectivity index (χ2v) is 7.25. The SMILES string of the molecule is NCc1ccc(CNc2nc(NCC(F)(F)F)nc(NC3CCCCC3O)n2)cc1. The van der Waals surface area contributed by atoms with Gasteiger partial charge in [-0.3, -0.25) is 0 Å². The van der Waals surface area contributed by atoms with Gasteiger partial charge in [-0.2, -0.15) is 28.1 Å². The molecule has 164 valence electrons. The number of rotatable bonds is 8. The molecule has 1 heterocycles. The molecule has 30 heavy (non-hydrogen) atoms. The normalized spacial score (nSPS) is 19.4. The summed E-state index contributed by atoms with van der Waals surface area (Å²) < 4.78 is 37.8. The molecule has 1 saturated carbocycles. The second kappa shape index (κ2) is 9.90. The summed E-state index contributed by atoms with van der Waals surface area (Å²) in [7, 11) is 0. The van der Waals surface area contributed by atoms with Crippen LogP contribution in [-0.2, 0) is 13.1 Å². The average molecular weight is 425 g/mol. The highest BCUT2D eigenvalue weighted by Crippen LogP contribution is 2.22. The molecule has 2 unspecified atom stereocenters. The van der Waals surface area contributed by atoms with Crippen molar-refractivity contribution in [2.24, 2.45) is 5.73 Å². The first-order chi connectivity index (χ1) is 14.3. The fourth-order valence-corrected chi connectivity index (χ4v) is 3.20. The Morgan fingerprint density at radius 3 is 2.17 bits per heavy atom. The maximum Gasteiger partial charge on any atom is 0.405 e. The van der Waals surface area contributed by atoms with Gasteiger partial charge in [-0.05, 0) is 24.0 Å². The molecule has 8 nitrogen and oxygen atoms in total. The van der Waals surface area contributed by atoms with Crippen LogP contribution >= 0.6 is 0 Å². The lowest BCUT2D eigenvalue weighted by atomic mass is 9.93. The molecule has 2 atom stereocenters. The van der Waals surface area contributed by atoms with Gasteiger partial charge in [0.1, 0.15) is 6.54 Å². The minimum atomic E-state index is -4.40. The summed E-state index contributed by atoms with van der Waals surface area (Å²) >= 11 is 0. The van der Waals surface area contributed by atoms with Crippen molar-refractivity contribution in [3.8, 4) is 0 Å². The van der Waals surface area contributed by atoms with Crippen molar-refractivity contribution in [1.29, 1.82) is 0 Å². The van der Waals surface area contributed by atoms with Crippen LogP contribution in [0.25, 0.3) is 0 Å².